The van der Waals surface area contributed by atoms with E-state index in [2.05, 4.69) is 0 Å². The molecule has 6 aromatic rings. The third-order valence-corrected chi connectivity index (χ3v) is 16.2. The second-order valence-corrected chi connectivity index (χ2v) is 28.0. The van der Waals surface area contributed by atoms with Crippen LogP contribution in [0, 0.1) is 0 Å². The molecule has 24 N–H and O–H groups in total. The van der Waals surface area contributed by atoms with Gasteiger partial charge < -0.3 is 61.3 Å². The van der Waals surface area contributed by atoms with Crippen molar-refractivity contribution >= 4 is 35.8 Å². The fraction of sp³-hybridized carbons (Fsp3) is 0.462. The summed E-state index contributed by atoms with van der Waals surface area (Å²) in [7, 11) is 0. The van der Waals surface area contributed by atoms with E-state index < -0.39 is 35.8 Å². The Balaban J connectivity index is -0.00000111. The van der Waals surface area contributed by atoms with E-state index in [9.17, 15) is 59.4 Å². The van der Waals surface area contributed by atoms with Crippen LogP contribution >= 0.6 is 0 Å². The number of phenolic OH excluding ortho intramolecular Hbond substituents is 6. The van der Waals surface area contributed by atoms with E-state index >= 15 is 0 Å². The molecule has 0 bridgehead atoms. The van der Waals surface area contributed by atoms with Crippen molar-refractivity contribution in [1.82, 2.24) is 0 Å². The number of aromatic hydroxyl groups is 6. The Bertz CT molecular complexity index is 3070. The molecule has 0 aliphatic heterocycles. The molecule has 0 aliphatic carbocycles. The Hall–Kier alpha value is -7.50. The van der Waals surface area contributed by atoms with Crippen LogP contribution in [0.2, 0.25) is 0 Å². The molecule has 0 amide bonds. The molecule has 3 radical (unpaired) electrons. The maximum absolute atomic E-state index is 9.94. The fourth-order valence-corrected chi connectivity index (χ4v) is 9.80. The van der Waals surface area contributed by atoms with E-state index in [1.165, 1.54) is 0 Å². The second kappa shape index (κ2) is 42.6. The first-order chi connectivity index (χ1) is 44.0. The number of carbonyl (C=O) groups excluding carboxylic acids is 6. The van der Waals surface area contributed by atoms with Gasteiger partial charge >= 0.3 is 87.0 Å². The topological polar surface area (TPSA) is 387 Å². The Morgan fingerprint density at radius 1 is 0.212 bits per heavy atom. The van der Waals surface area contributed by atoms with Crippen LogP contribution in [0.1, 0.15) is 337 Å². The molecule has 6 rings (SSSR count). The summed E-state index contributed by atoms with van der Waals surface area (Å²) in [6, 6.07) is 21.7. The predicted octanol–water partition coefficient (Wildman–Crippen LogP) is 13.3. The SMILES string of the molecule is CC(C)c1cc(C(=[OH+])[OH2+])c(O)c(C(C)C)c1.CC(C)c1cc(C(=[OH+])[OH2+])c(O)c(C(C)C)c1.CC(C)c1cc(C(=[OH+])[OH2+])c(O)c(C(C)C)c1.CC(C)c1cc(C(=[OH+])[OH2+])c(O)c(C(C)C)c1.CC(C)c1cc(C(=[OH+])[OH2+])c(O)c(C(C)C)c1.CC(C)c1cc(C(=[OH+])[OH2+])c(O)c(C(C)C)c1.[Cu+2].[Mn+2].[Mn+2]. The summed E-state index contributed by atoms with van der Waals surface area (Å²) in [6.45, 7) is 48.2. The zero-order valence-electron chi connectivity index (χ0n) is 62.3. The van der Waals surface area contributed by atoms with Gasteiger partial charge in [0.2, 0.25) is 33.4 Å². The molecular formula is C78H120CuMn2O18+18. The summed E-state index contributed by atoms with van der Waals surface area (Å²) in [5, 5.41) is 103. The van der Waals surface area contributed by atoms with Gasteiger partial charge in [-0.05, 0) is 174 Å². The molecule has 6 aromatic carbocycles. The molecule has 0 heterocycles. The summed E-state index contributed by atoms with van der Waals surface area (Å²) in [6.07, 6.45) is 0. The predicted molar refractivity (Wildman–Crippen MR) is 396 cm³/mol. The first-order valence-electron chi connectivity index (χ1n) is 32.9. The number of hydrogen-bond donors (Lipinski definition) is 6. The normalized spacial score (nSPS) is 10.8. The second-order valence-electron chi connectivity index (χ2n) is 28.0. The Morgan fingerprint density at radius 3 is 0.364 bits per heavy atom. The van der Waals surface area contributed by atoms with Crippen LogP contribution in [0.3, 0.4) is 0 Å². The monoisotopic (exact) mass is 1520 g/mol. The van der Waals surface area contributed by atoms with Crippen molar-refractivity contribution in [3.63, 3.8) is 0 Å². The van der Waals surface area contributed by atoms with Gasteiger partial charge in [-0.3, -0.25) is 0 Å². The summed E-state index contributed by atoms with van der Waals surface area (Å²) in [5.41, 5.74) is 12.1. The minimum Gasteiger partial charge on any atom is -0.519 e. The largest absolute Gasteiger partial charge is 2.00 e. The Kier molecular flexibility index (Phi) is 41.1. The maximum Gasteiger partial charge on any atom is 2.00 e. The van der Waals surface area contributed by atoms with Crippen molar-refractivity contribution in [3.05, 3.63) is 173 Å². The number of hydrogen-bond acceptors (Lipinski definition) is 6. The quantitative estimate of drug-likeness (QED) is 0.0358. The smallest absolute Gasteiger partial charge is 0.519 e. The van der Waals surface area contributed by atoms with Gasteiger partial charge in [-0.25, -0.2) is 0 Å². The molecule has 0 spiro atoms. The van der Waals surface area contributed by atoms with Crippen molar-refractivity contribution in [2.45, 2.75) is 237 Å². The number of rotatable bonds is 18. The first-order valence-corrected chi connectivity index (χ1v) is 32.9. The molecule has 0 aliphatic rings. The van der Waals surface area contributed by atoms with Gasteiger partial charge in [-0.1, -0.05) is 203 Å². The van der Waals surface area contributed by atoms with Crippen molar-refractivity contribution in [2.24, 2.45) is 0 Å². The van der Waals surface area contributed by atoms with Crippen LogP contribution in [0.15, 0.2) is 72.8 Å². The van der Waals surface area contributed by atoms with Crippen LogP contribution in [-0.2, 0) is 51.2 Å². The minimum atomic E-state index is -0.582. The van der Waals surface area contributed by atoms with Crippen molar-refractivity contribution in [2.75, 3.05) is 0 Å². The average Bonchev–Trinajstić information content (AvgIpc) is 0.863. The Morgan fingerprint density at radius 2 is 0.303 bits per heavy atom. The molecule has 99 heavy (non-hydrogen) atoms. The van der Waals surface area contributed by atoms with Gasteiger partial charge in [0, 0.05) is 0 Å². The molecule has 18 nitrogen and oxygen atoms in total. The molecule has 0 atom stereocenters. The van der Waals surface area contributed by atoms with Crippen LogP contribution in [0.25, 0.3) is 0 Å². The van der Waals surface area contributed by atoms with Crippen LogP contribution < -0.4 is 0 Å². The van der Waals surface area contributed by atoms with E-state index in [0.717, 1.165) is 66.8 Å². The van der Waals surface area contributed by atoms with Gasteiger partial charge in [0.05, 0.1) is 0 Å². The molecule has 0 saturated carbocycles. The van der Waals surface area contributed by atoms with E-state index in [4.69, 9.17) is 30.6 Å². The molecular weight excluding hydrogens is 1400 g/mol. The van der Waals surface area contributed by atoms with Gasteiger partial charge in [0.1, 0.15) is 34.5 Å². The van der Waals surface area contributed by atoms with Crippen LogP contribution in [-0.4, -0.2) is 126 Å². The van der Waals surface area contributed by atoms with Gasteiger partial charge in [0.15, 0.2) is 0 Å². The third kappa shape index (κ3) is 27.5. The molecule has 0 unspecified atom stereocenters. The third-order valence-electron chi connectivity index (χ3n) is 16.2. The van der Waals surface area contributed by atoms with Crippen molar-refractivity contribution < 1.29 is 141 Å². The number of phenols is 6. The van der Waals surface area contributed by atoms with Gasteiger partial charge in [-0.2, -0.15) is 28.8 Å². The zero-order chi connectivity index (χ0) is 74.7. The minimum absolute atomic E-state index is 0. The van der Waals surface area contributed by atoms with Crippen LogP contribution in [0.4, 0.5) is 0 Å². The summed E-state index contributed by atoms with van der Waals surface area (Å²) in [4.78, 5) is 55.4. The molecule has 547 valence electrons. The van der Waals surface area contributed by atoms with Crippen molar-refractivity contribution in [3.8, 4) is 34.5 Å². The van der Waals surface area contributed by atoms with E-state index in [1.54, 1.807) is 36.4 Å². The zero-order valence-corrected chi connectivity index (χ0v) is 65.6. The average molecular weight is 1520 g/mol. The number of benzene rings is 6. The van der Waals surface area contributed by atoms with E-state index in [0.29, 0.717) is 35.5 Å². The Labute approximate surface area is 617 Å². The first kappa shape index (κ1) is 95.7. The van der Waals surface area contributed by atoms with Gasteiger partial charge in [0.25, 0.3) is 0 Å². The standard InChI is InChI=1S/6C13H18O3.Cu.2Mn/c6*1-7(2)9-5-10(8(3)4)12(14)11(6-9)13(15)16;;;/h6*5-8,14H,1-4H3,(H,15,16);;;/q;;;;;;3*+2/p+12. The maximum atomic E-state index is 9.94. The van der Waals surface area contributed by atoms with Crippen LogP contribution in [0.5, 0.6) is 34.5 Å². The summed E-state index contributed by atoms with van der Waals surface area (Å²) in [5.74, 6) is -0.573. The van der Waals surface area contributed by atoms with Gasteiger partial charge in [-0.15, -0.1) is 0 Å². The fourth-order valence-electron chi connectivity index (χ4n) is 9.80. The summed E-state index contributed by atoms with van der Waals surface area (Å²) >= 11 is 0. The molecule has 0 fully saturated rings. The summed E-state index contributed by atoms with van der Waals surface area (Å²) < 4.78 is 0. The van der Waals surface area contributed by atoms with E-state index in [-0.39, 0.29) is 155 Å². The molecule has 0 saturated heterocycles. The van der Waals surface area contributed by atoms with E-state index in [1.807, 2.05) is 203 Å². The molecule has 0 aromatic heterocycles. The van der Waals surface area contributed by atoms with Crippen molar-refractivity contribution in [1.29, 1.82) is 0 Å². The molecule has 21 heteroatoms.